The summed E-state index contributed by atoms with van der Waals surface area (Å²) in [7, 11) is 0. The van der Waals surface area contributed by atoms with Crippen LogP contribution in [0.5, 0.6) is 0 Å². The highest BCUT2D eigenvalue weighted by atomic mass is 16.1. The van der Waals surface area contributed by atoms with Gasteiger partial charge in [-0.3, -0.25) is 4.79 Å². The number of fused-ring (bicyclic) bond motifs is 1. The van der Waals surface area contributed by atoms with Gasteiger partial charge >= 0.3 is 0 Å². The summed E-state index contributed by atoms with van der Waals surface area (Å²) in [5, 5.41) is 0. The third-order valence-corrected chi connectivity index (χ3v) is 2.56. The van der Waals surface area contributed by atoms with Gasteiger partial charge in [-0.15, -0.1) is 0 Å². The summed E-state index contributed by atoms with van der Waals surface area (Å²) in [5.74, 6) is 0. The van der Waals surface area contributed by atoms with Gasteiger partial charge in [0, 0.05) is 5.56 Å². The Morgan fingerprint density at radius 3 is 2.93 bits per heavy atom. The molecule has 1 aliphatic rings. The topological polar surface area (TPSA) is 17.1 Å². The number of benzene rings is 1. The SMILES string of the molecule is C=C(C)C1=Cc2ccc(C=O)cc2C1. The second-order valence-corrected chi connectivity index (χ2v) is 3.70. The largest absolute Gasteiger partial charge is 0.298 e. The lowest BCUT2D eigenvalue weighted by atomic mass is 10.0. The van der Waals surface area contributed by atoms with Crippen molar-refractivity contribution in [3.63, 3.8) is 0 Å². The van der Waals surface area contributed by atoms with E-state index in [1.54, 1.807) is 0 Å². The van der Waals surface area contributed by atoms with Crippen LogP contribution >= 0.6 is 0 Å². The Morgan fingerprint density at radius 2 is 2.29 bits per heavy atom. The number of carbonyl (C=O) groups excluding carboxylic acids is 1. The first-order valence-corrected chi connectivity index (χ1v) is 4.65. The number of hydrogen-bond donors (Lipinski definition) is 0. The summed E-state index contributed by atoms with van der Waals surface area (Å²) in [4.78, 5) is 10.6. The molecule has 0 N–H and O–H groups in total. The van der Waals surface area contributed by atoms with Crippen LogP contribution < -0.4 is 0 Å². The van der Waals surface area contributed by atoms with Crippen LogP contribution in [0.3, 0.4) is 0 Å². The van der Waals surface area contributed by atoms with Crippen molar-refractivity contribution in [1.82, 2.24) is 0 Å². The number of carbonyl (C=O) groups is 1. The highest BCUT2D eigenvalue weighted by Gasteiger charge is 2.12. The van der Waals surface area contributed by atoms with Gasteiger partial charge in [-0.1, -0.05) is 30.4 Å². The first-order chi connectivity index (χ1) is 6.70. The van der Waals surface area contributed by atoms with E-state index in [2.05, 4.69) is 12.7 Å². The lowest BCUT2D eigenvalue weighted by molar-refractivity contribution is 0.112. The molecule has 0 heterocycles. The third kappa shape index (κ3) is 1.41. The maximum Gasteiger partial charge on any atom is 0.150 e. The summed E-state index contributed by atoms with van der Waals surface area (Å²) in [6.07, 6.45) is 3.94. The first-order valence-electron chi connectivity index (χ1n) is 4.65. The molecular weight excluding hydrogens is 172 g/mol. The molecule has 0 amide bonds. The average Bonchev–Trinajstić information content (AvgIpc) is 2.59. The summed E-state index contributed by atoms with van der Waals surface area (Å²) < 4.78 is 0. The zero-order valence-electron chi connectivity index (χ0n) is 8.21. The minimum atomic E-state index is 0.750. The van der Waals surface area contributed by atoms with Crippen molar-refractivity contribution < 1.29 is 4.79 Å². The van der Waals surface area contributed by atoms with E-state index in [0.717, 1.165) is 23.8 Å². The van der Waals surface area contributed by atoms with E-state index in [0.29, 0.717) is 0 Å². The van der Waals surface area contributed by atoms with Crippen molar-refractivity contribution in [2.24, 2.45) is 0 Å². The molecule has 1 aliphatic carbocycles. The number of aldehydes is 1. The predicted octanol–water partition coefficient (Wildman–Crippen LogP) is 3.01. The van der Waals surface area contributed by atoms with Crippen LogP contribution in [0.1, 0.15) is 28.4 Å². The Kier molecular flexibility index (Phi) is 2.08. The van der Waals surface area contributed by atoms with Gasteiger partial charge in [-0.05, 0) is 36.1 Å². The van der Waals surface area contributed by atoms with E-state index >= 15 is 0 Å². The van der Waals surface area contributed by atoms with Gasteiger partial charge in [0.1, 0.15) is 6.29 Å². The second-order valence-electron chi connectivity index (χ2n) is 3.70. The standard InChI is InChI=1S/C13H12O/c1-9(2)12-6-11-4-3-10(8-14)5-13(11)7-12/h3-6,8H,1,7H2,2H3. The van der Waals surface area contributed by atoms with Gasteiger partial charge in [0.05, 0.1) is 0 Å². The molecule has 0 atom stereocenters. The molecule has 0 saturated heterocycles. The quantitative estimate of drug-likeness (QED) is 0.646. The van der Waals surface area contributed by atoms with Crippen molar-refractivity contribution in [1.29, 1.82) is 0 Å². The molecule has 0 aromatic heterocycles. The Morgan fingerprint density at radius 1 is 1.50 bits per heavy atom. The highest BCUT2D eigenvalue weighted by Crippen LogP contribution is 2.28. The van der Waals surface area contributed by atoms with Gasteiger partial charge in [0.25, 0.3) is 0 Å². The minimum absolute atomic E-state index is 0.750. The maximum atomic E-state index is 10.6. The molecular formula is C13H12O. The Bertz CT molecular complexity index is 439. The first kappa shape index (κ1) is 8.95. The van der Waals surface area contributed by atoms with Crippen molar-refractivity contribution in [3.8, 4) is 0 Å². The Labute approximate surface area is 83.8 Å². The van der Waals surface area contributed by atoms with Crippen LogP contribution in [-0.2, 0) is 6.42 Å². The van der Waals surface area contributed by atoms with Crippen molar-refractivity contribution in [2.45, 2.75) is 13.3 Å². The molecule has 1 heteroatoms. The van der Waals surface area contributed by atoms with Crippen LogP contribution in [0, 0.1) is 0 Å². The van der Waals surface area contributed by atoms with Crippen LogP contribution in [0.4, 0.5) is 0 Å². The van der Waals surface area contributed by atoms with Crippen LogP contribution in [-0.4, -0.2) is 6.29 Å². The molecule has 0 unspecified atom stereocenters. The van der Waals surface area contributed by atoms with Crippen molar-refractivity contribution in [2.75, 3.05) is 0 Å². The highest BCUT2D eigenvalue weighted by molar-refractivity contribution is 5.78. The van der Waals surface area contributed by atoms with E-state index in [9.17, 15) is 4.79 Å². The summed E-state index contributed by atoms with van der Waals surface area (Å²) in [6, 6.07) is 5.80. The van der Waals surface area contributed by atoms with Crippen LogP contribution in [0.15, 0.2) is 35.9 Å². The van der Waals surface area contributed by atoms with Crippen LogP contribution in [0.2, 0.25) is 0 Å². The van der Waals surface area contributed by atoms with Gasteiger partial charge in [0.15, 0.2) is 0 Å². The number of rotatable bonds is 2. The van der Waals surface area contributed by atoms with Crippen molar-refractivity contribution in [3.05, 3.63) is 52.6 Å². The van der Waals surface area contributed by atoms with E-state index in [1.807, 2.05) is 25.1 Å². The second kappa shape index (κ2) is 3.26. The minimum Gasteiger partial charge on any atom is -0.298 e. The van der Waals surface area contributed by atoms with Crippen LogP contribution in [0.25, 0.3) is 6.08 Å². The molecule has 1 aromatic rings. The van der Waals surface area contributed by atoms with E-state index in [4.69, 9.17) is 0 Å². The maximum absolute atomic E-state index is 10.6. The predicted molar refractivity (Wildman–Crippen MR) is 58.3 cm³/mol. The fourth-order valence-electron chi connectivity index (χ4n) is 1.71. The number of allylic oxidation sites excluding steroid dienone is 2. The molecule has 1 aromatic carbocycles. The monoisotopic (exact) mass is 184 g/mol. The van der Waals surface area contributed by atoms with E-state index < -0.39 is 0 Å². The zero-order valence-corrected chi connectivity index (χ0v) is 8.21. The molecule has 0 fully saturated rings. The smallest absolute Gasteiger partial charge is 0.150 e. The lowest BCUT2D eigenvalue weighted by Crippen LogP contribution is -1.88. The van der Waals surface area contributed by atoms with Crippen molar-refractivity contribution >= 4 is 12.4 Å². The molecule has 2 rings (SSSR count). The summed E-state index contributed by atoms with van der Waals surface area (Å²) in [5.41, 5.74) is 5.57. The molecule has 0 bridgehead atoms. The van der Waals surface area contributed by atoms with E-state index in [-0.39, 0.29) is 0 Å². The normalized spacial score (nSPS) is 13.4. The fourth-order valence-corrected chi connectivity index (χ4v) is 1.71. The molecule has 0 spiro atoms. The fraction of sp³-hybridized carbons (Fsp3) is 0.154. The average molecular weight is 184 g/mol. The van der Waals surface area contributed by atoms with Gasteiger partial charge < -0.3 is 0 Å². The molecule has 1 nitrogen and oxygen atoms in total. The van der Waals surface area contributed by atoms with Gasteiger partial charge in [0.2, 0.25) is 0 Å². The van der Waals surface area contributed by atoms with Gasteiger partial charge in [-0.25, -0.2) is 0 Å². The summed E-state index contributed by atoms with van der Waals surface area (Å²) in [6.45, 7) is 5.94. The Balaban J connectivity index is 2.40. The zero-order chi connectivity index (χ0) is 10.1. The lowest BCUT2D eigenvalue weighted by Gasteiger charge is -2.00. The molecule has 0 radical (unpaired) electrons. The molecule has 0 aliphatic heterocycles. The molecule has 70 valence electrons. The molecule has 14 heavy (non-hydrogen) atoms. The van der Waals surface area contributed by atoms with E-state index in [1.165, 1.54) is 16.7 Å². The third-order valence-electron chi connectivity index (χ3n) is 2.56. The number of hydrogen-bond acceptors (Lipinski definition) is 1. The molecule has 0 saturated carbocycles. The Hall–Kier alpha value is -1.63. The summed E-state index contributed by atoms with van der Waals surface area (Å²) >= 11 is 0. The van der Waals surface area contributed by atoms with Gasteiger partial charge in [-0.2, -0.15) is 0 Å².